The van der Waals surface area contributed by atoms with Crippen molar-refractivity contribution in [1.82, 2.24) is 10.5 Å². The van der Waals surface area contributed by atoms with Gasteiger partial charge in [0.1, 0.15) is 11.3 Å². The van der Waals surface area contributed by atoms with Crippen LogP contribution in [-0.4, -0.2) is 37.3 Å². The van der Waals surface area contributed by atoms with E-state index in [0.29, 0.717) is 17.1 Å². The molecule has 1 saturated heterocycles. The van der Waals surface area contributed by atoms with Crippen LogP contribution in [0.2, 0.25) is 0 Å². The molecule has 2 heterocycles. The SMILES string of the molecule is COc1ccc(-c2onc(N3CCCC3)c2C(=O)NC(C)C2=CCCCC2)cc1. The summed E-state index contributed by atoms with van der Waals surface area (Å²) >= 11 is 0. The van der Waals surface area contributed by atoms with Crippen molar-refractivity contribution in [1.29, 1.82) is 0 Å². The molecule has 1 fully saturated rings. The van der Waals surface area contributed by atoms with Crippen LogP contribution in [0, 0.1) is 0 Å². The molecule has 6 heteroatoms. The minimum atomic E-state index is -0.127. The lowest BCUT2D eigenvalue weighted by Gasteiger charge is -2.22. The first-order valence-electron chi connectivity index (χ1n) is 10.6. The molecule has 29 heavy (non-hydrogen) atoms. The summed E-state index contributed by atoms with van der Waals surface area (Å²) in [5, 5.41) is 7.49. The van der Waals surface area contributed by atoms with Gasteiger partial charge in [-0.3, -0.25) is 4.79 Å². The number of nitrogens with zero attached hydrogens (tertiary/aromatic N) is 2. The molecular formula is C23H29N3O3. The highest BCUT2D eigenvalue weighted by atomic mass is 16.5. The number of hydrogen-bond acceptors (Lipinski definition) is 5. The van der Waals surface area contributed by atoms with Crippen molar-refractivity contribution in [2.75, 3.05) is 25.1 Å². The van der Waals surface area contributed by atoms with Gasteiger partial charge in [0, 0.05) is 24.7 Å². The monoisotopic (exact) mass is 395 g/mol. The molecule has 4 rings (SSSR count). The Bertz CT molecular complexity index is 879. The van der Waals surface area contributed by atoms with E-state index in [1.54, 1.807) is 7.11 Å². The van der Waals surface area contributed by atoms with Crippen molar-refractivity contribution in [2.24, 2.45) is 0 Å². The average molecular weight is 396 g/mol. The van der Waals surface area contributed by atoms with Crippen LogP contribution in [0.4, 0.5) is 5.82 Å². The van der Waals surface area contributed by atoms with Gasteiger partial charge in [-0.05, 0) is 69.7 Å². The largest absolute Gasteiger partial charge is 0.497 e. The fourth-order valence-electron chi connectivity index (χ4n) is 4.19. The molecule has 1 amide bonds. The molecule has 2 aliphatic rings. The lowest BCUT2D eigenvalue weighted by molar-refractivity contribution is 0.0945. The third-order valence-corrected chi connectivity index (χ3v) is 5.89. The number of methoxy groups -OCH3 is 1. The zero-order chi connectivity index (χ0) is 20.2. The number of amides is 1. The zero-order valence-electron chi connectivity index (χ0n) is 17.2. The molecule has 1 atom stereocenters. The Morgan fingerprint density at radius 2 is 1.93 bits per heavy atom. The average Bonchev–Trinajstić information content (AvgIpc) is 3.44. The van der Waals surface area contributed by atoms with Crippen LogP contribution in [0.25, 0.3) is 11.3 Å². The quantitative estimate of drug-likeness (QED) is 0.726. The van der Waals surface area contributed by atoms with E-state index in [-0.39, 0.29) is 11.9 Å². The molecule has 1 unspecified atom stereocenters. The standard InChI is InChI=1S/C23H29N3O3/c1-16(17-8-4-3-5-9-17)24-23(27)20-21(18-10-12-19(28-2)13-11-18)29-25-22(20)26-14-6-7-15-26/h8,10-13,16H,3-7,9,14-15H2,1-2H3,(H,24,27). The van der Waals surface area contributed by atoms with Gasteiger partial charge in [-0.15, -0.1) is 0 Å². The van der Waals surface area contributed by atoms with Gasteiger partial charge in [0.15, 0.2) is 11.6 Å². The molecule has 1 N–H and O–H groups in total. The Morgan fingerprint density at radius 1 is 1.17 bits per heavy atom. The maximum absolute atomic E-state index is 13.4. The Morgan fingerprint density at radius 3 is 2.59 bits per heavy atom. The van der Waals surface area contributed by atoms with Crippen LogP contribution in [0.5, 0.6) is 5.75 Å². The van der Waals surface area contributed by atoms with Crippen LogP contribution >= 0.6 is 0 Å². The number of allylic oxidation sites excluding steroid dienone is 1. The number of ether oxygens (including phenoxy) is 1. The topological polar surface area (TPSA) is 67.6 Å². The van der Waals surface area contributed by atoms with Crippen LogP contribution in [0.15, 0.2) is 40.4 Å². The van der Waals surface area contributed by atoms with Gasteiger partial charge >= 0.3 is 0 Å². The Balaban J connectivity index is 1.65. The highest BCUT2D eigenvalue weighted by Gasteiger charge is 2.30. The van der Waals surface area contributed by atoms with Crippen molar-refractivity contribution < 1.29 is 14.1 Å². The van der Waals surface area contributed by atoms with Gasteiger partial charge in [0.2, 0.25) is 0 Å². The first-order chi connectivity index (χ1) is 14.2. The minimum Gasteiger partial charge on any atom is -0.497 e. The summed E-state index contributed by atoms with van der Waals surface area (Å²) in [4.78, 5) is 15.5. The van der Waals surface area contributed by atoms with E-state index in [2.05, 4.69) is 28.4 Å². The van der Waals surface area contributed by atoms with Crippen molar-refractivity contribution in [2.45, 2.75) is 51.5 Å². The van der Waals surface area contributed by atoms with E-state index >= 15 is 0 Å². The smallest absolute Gasteiger partial charge is 0.259 e. The Kier molecular flexibility index (Phi) is 5.88. The predicted molar refractivity (Wildman–Crippen MR) is 113 cm³/mol. The number of benzene rings is 1. The second kappa shape index (κ2) is 8.72. The highest BCUT2D eigenvalue weighted by Crippen LogP contribution is 2.34. The fourth-order valence-corrected chi connectivity index (χ4v) is 4.19. The summed E-state index contributed by atoms with van der Waals surface area (Å²) in [5.41, 5.74) is 2.66. The van der Waals surface area contributed by atoms with Gasteiger partial charge in [-0.2, -0.15) is 0 Å². The van der Waals surface area contributed by atoms with Crippen molar-refractivity contribution in [3.8, 4) is 17.1 Å². The molecule has 1 aromatic carbocycles. The summed E-state index contributed by atoms with van der Waals surface area (Å²) < 4.78 is 11.0. The second-order valence-corrected chi connectivity index (χ2v) is 7.85. The highest BCUT2D eigenvalue weighted by molar-refractivity contribution is 6.04. The van der Waals surface area contributed by atoms with E-state index in [1.165, 1.54) is 18.4 Å². The maximum atomic E-state index is 13.4. The third kappa shape index (κ3) is 4.16. The van der Waals surface area contributed by atoms with Crippen molar-refractivity contribution >= 4 is 11.7 Å². The predicted octanol–water partition coefficient (Wildman–Crippen LogP) is 4.57. The summed E-state index contributed by atoms with van der Waals surface area (Å²) in [6.45, 7) is 3.86. The molecule has 2 aromatic rings. The van der Waals surface area contributed by atoms with Gasteiger partial charge in [-0.25, -0.2) is 0 Å². The summed E-state index contributed by atoms with van der Waals surface area (Å²) in [6.07, 6.45) is 9.05. The molecule has 0 spiro atoms. The van der Waals surface area contributed by atoms with Crippen LogP contribution in [0.3, 0.4) is 0 Å². The number of hydrogen-bond donors (Lipinski definition) is 1. The molecular weight excluding hydrogens is 366 g/mol. The molecule has 6 nitrogen and oxygen atoms in total. The maximum Gasteiger partial charge on any atom is 0.259 e. The normalized spacial score (nSPS) is 17.7. The van der Waals surface area contributed by atoms with Gasteiger partial charge in [-0.1, -0.05) is 16.8 Å². The number of carbonyl (C=O) groups is 1. The summed E-state index contributed by atoms with van der Waals surface area (Å²) in [7, 11) is 1.63. The van der Waals surface area contributed by atoms with Gasteiger partial charge in [0.05, 0.1) is 7.11 Å². The fraction of sp³-hybridized carbons (Fsp3) is 0.478. The molecule has 1 aliphatic heterocycles. The van der Waals surface area contributed by atoms with Crippen molar-refractivity contribution in [3.63, 3.8) is 0 Å². The molecule has 0 saturated carbocycles. The number of nitrogens with one attached hydrogen (secondary N) is 1. The molecule has 1 aromatic heterocycles. The number of aromatic nitrogens is 1. The molecule has 1 aliphatic carbocycles. The molecule has 154 valence electrons. The van der Waals surface area contributed by atoms with Crippen LogP contribution < -0.4 is 15.0 Å². The van der Waals surface area contributed by atoms with E-state index in [1.807, 2.05) is 24.3 Å². The summed E-state index contributed by atoms with van der Waals surface area (Å²) in [5.74, 6) is 1.79. The zero-order valence-corrected chi connectivity index (χ0v) is 17.2. The Hall–Kier alpha value is -2.76. The Labute approximate surface area is 171 Å². The number of carbonyl (C=O) groups excluding carboxylic acids is 1. The number of rotatable bonds is 6. The van der Waals surface area contributed by atoms with Crippen LogP contribution in [0.1, 0.15) is 55.8 Å². The van der Waals surface area contributed by atoms with Gasteiger partial charge < -0.3 is 19.5 Å². The van der Waals surface area contributed by atoms with Crippen LogP contribution in [-0.2, 0) is 0 Å². The molecule has 0 bridgehead atoms. The van der Waals surface area contributed by atoms with Crippen molar-refractivity contribution in [3.05, 3.63) is 41.5 Å². The minimum absolute atomic E-state index is 0.00726. The lowest BCUT2D eigenvalue weighted by atomic mass is 9.94. The van der Waals surface area contributed by atoms with E-state index < -0.39 is 0 Å². The first kappa shape index (κ1) is 19.6. The second-order valence-electron chi connectivity index (χ2n) is 7.85. The number of anilines is 1. The van der Waals surface area contributed by atoms with E-state index in [0.717, 1.165) is 50.1 Å². The first-order valence-corrected chi connectivity index (χ1v) is 10.6. The molecule has 0 radical (unpaired) electrons. The third-order valence-electron chi connectivity index (χ3n) is 5.89. The van der Waals surface area contributed by atoms with E-state index in [9.17, 15) is 4.79 Å². The van der Waals surface area contributed by atoms with E-state index in [4.69, 9.17) is 9.26 Å². The lowest BCUT2D eigenvalue weighted by Crippen LogP contribution is -2.35. The van der Waals surface area contributed by atoms with Gasteiger partial charge in [0.25, 0.3) is 5.91 Å². The summed E-state index contributed by atoms with van der Waals surface area (Å²) in [6, 6.07) is 7.54.